The second kappa shape index (κ2) is 16.2. The number of amides is 3. The Hall–Kier alpha value is -3.52. The Morgan fingerprint density at radius 3 is 2.28 bits per heavy atom. The topological polar surface area (TPSA) is 235 Å². The Balaban J connectivity index is 2.62. The standard InChI is InChI=1S/C22H35N7O6S/c1-36-10-8-16(20(33)29-17(21(34)35)3-2-9-26-22(24)25)28-18(31)12-27-19(32)15(23)11-13-4-6-14(30)7-5-13/h4-7,15-17,30H,2-3,8-12,23H2,1H3,(H,27,32)(H,28,31)(H,29,33)(H,34,35)(H4,24,25,26). The van der Waals surface area contributed by atoms with E-state index < -0.39 is 48.4 Å². The third kappa shape index (κ3) is 12.3. The number of aliphatic carboxylic acids is 1. The molecule has 1 aromatic rings. The van der Waals surface area contributed by atoms with Gasteiger partial charge in [0.25, 0.3) is 0 Å². The first kappa shape index (κ1) is 30.5. The van der Waals surface area contributed by atoms with Gasteiger partial charge in [0.15, 0.2) is 5.96 Å². The maximum absolute atomic E-state index is 12.7. The molecule has 0 saturated heterocycles. The molecule has 3 atom stereocenters. The molecule has 14 heteroatoms. The normalized spacial score (nSPS) is 13.1. The minimum Gasteiger partial charge on any atom is -0.508 e. The molecular weight excluding hydrogens is 490 g/mol. The molecule has 1 aromatic carbocycles. The van der Waals surface area contributed by atoms with Crippen molar-refractivity contribution in [1.82, 2.24) is 16.0 Å². The fraction of sp³-hybridized carbons (Fsp3) is 0.500. The van der Waals surface area contributed by atoms with E-state index in [0.29, 0.717) is 12.2 Å². The fourth-order valence-electron chi connectivity index (χ4n) is 3.06. The van der Waals surface area contributed by atoms with Crippen LogP contribution in [0.2, 0.25) is 0 Å². The van der Waals surface area contributed by atoms with Crippen LogP contribution in [0, 0.1) is 0 Å². The zero-order valence-electron chi connectivity index (χ0n) is 20.1. The fourth-order valence-corrected chi connectivity index (χ4v) is 3.53. The maximum Gasteiger partial charge on any atom is 0.326 e. The lowest BCUT2D eigenvalue weighted by Crippen LogP contribution is -2.54. The number of phenols is 1. The highest BCUT2D eigenvalue weighted by molar-refractivity contribution is 7.98. The molecule has 0 spiro atoms. The Morgan fingerprint density at radius 2 is 1.69 bits per heavy atom. The number of rotatable bonds is 16. The van der Waals surface area contributed by atoms with Crippen molar-refractivity contribution in [2.24, 2.45) is 22.2 Å². The van der Waals surface area contributed by atoms with Gasteiger partial charge in [0, 0.05) is 6.54 Å². The first-order chi connectivity index (χ1) is 17.0. The molecule has 3 unspecified atom stereocenters. The van der Waals surface area contributed by atoms with Crippen LogP contribution < -0.4 is 33.2 Å². The second-order valence-corrected chi connectivity index (χ2v) is 8.93. The van der Waals surface area contributed by atoms with E-state index >= 15 is 0 Å². The number of hydrogen-bond acceptors (Lipinski definition) is 8. The van der Waals surface area contributed by atoms with Gasteiger partial charge in [-0.25, -0.2) is 4.79 Å². The number of aliphatic imine (C=N–C) groups is 1. The summed E-state index contributed by atoms with van der Waals surface area (Å²) in [6.45, 7) is -0.199. The van der Waals surface area contributed by atoms with Crippen molar-refractivity contribution in [1.29, 1.82) is 0 Å². The Kier molecular flexibility index (Phi) is 13.7. The van der Waals surface area contributed by atoms with Crippen LogP contribution in [0.5, 0.6) is 5.75 Å². The van der Waals surface area contributed by atoms with Crippen LogP contribution in [0.4, 0.5) is 0 Å². The van der Waals surface area contributed by atoms with Crippen molar-refractivity contribution in [2.75, 3.05) is 25.1 Å². The number of carboxylic acids is 1. The molecule has 11 N–H and O–H groups in total. The minimum absolute atomic E-state index is 0.0918. The van der Waals surface area contributed by atoms with Crippen LogP contribution in [0.15, 0.2) is 29.3 Å². The molecule has 200 valence electrons. The van der Waals surface area contributed by atoms with Crippen LogP contribution in [-0.4, -0.2) is 83.1 Å². The first-order valence-corrected chi connectivity index (χ1v) is 12.6. The Labute approximate surface area is 213 Å². The van der Waals surface area contributed by atoms with E-state index in [1.165, 1.54) is 23.9 Å². The number of nitrogens with zero attached hydrogens (tertiary/aromatic N) is 1. The number of carbonyl (C=O) groups excluding carboxylic acids is 3. The molecule has 0 heterocycles. The molecule has 13 nitrogen and oxygen atoms in total. The monoisotopic (exact) mass is 525 g/mol. The van der Waals surface area contributed by atoms with Gasteiger partial charge in [0.05, 0.1) is 12.6 Å². The molecule has 0 aliphatic rings. The zero-order chi connectivity index (χ0) is 27.1. The lowest BCUT2D eigenvalue weighted by atomic mass is 10.1. The average molecular weight is 526 g/mol. The van der Waals surface area contributed by atoms with Gasteiger partial charge in [-0.15, -0.1) is 0 Å². The number of hydrogen-bond donors (Lipinski definition) is 8. The number of nitrogens with two attached hydrogens (primary N) is 3. The predicted molar refractivity (Wildman–Crippen MR) is 137 cm³/mol. The summed E-state index contributed by atoms with van der Waals surface area (Å²) >= 11 is 1.46. The van der Waals surface area contributed by atoms with Crippen molar-refractivity contribution in [3.05, 3.63) is 29.8 Å². The highest BCUT2D eigenvalue weighted by Gasteiger charge is 2.26. The number of benzene rings is 1. The Bertz CT molecular complexity index is 909. The number of nitrogens with one attached hydrogen (secondary N) is 3. The van der Waals surface area contributed by atoms with Crippen LogP contribution in [0.3, 0.4) is 0 Å². The molecule has 1 rings (SSSR count). The van der Waals surface area contributed by atoms with Gasteiger partial charge >= 0.3 is 5.97 Å². The van der Waals surface area contributed by atoms with Crippen molar-refractivity contribution >= 4 is 41.4 Å². The number of guanidine groups is 1. The third-order valence-electron chi connectivity index (χ3n) is 4.97. The quantitative estimate of drug-likeness (QED) is 0.0687. The van der Waals surface area contributed by atoms with Gasteiger partial charge in [-0.3, -0.25) is 19.4 Å². The predicted octanol–water partition coefficient (Wildman–Crippen LogP) is -1.76. The van der Waals surface area contributed by atoms with Gasteiger partial charge in [-0.05, 0) is 55.4 Å². The summed E-state index contributed by atoms with van der Waals surface area (Å²) in [7, 11) is 0. The van der Waals surface area contributed by atoms with Crippen LogP contribution >= 0.6 is 11.8 Å². The Morgan fingerprint density at radius 1 is 1.03 bits per heavy atom. The number of phenolic OH excluding ortho intramolecular Hbond substituents is 1. The van der Waals surface area contributed by atoms with Gasteiger partial charge in [-0.2, -0.15) is 11.8 Å². The smallest absolute Gasteiger partial charge is 0.326 e. The molecular formula is C22H35N7O6S. The van der Waals surface area contributed by atoms with Crippen molar-refractivity contribution < 1.29 is 29.4 Å². The molecule has 0 saturated carbocycles. The third-order valence-corrected chi connectivity index (χ3v) is 5.62. The van der Waals surface area contributed by atoms with Crippen molar-refractivity contribution in [3.63, 3.8) is 0 Å². The molecule has 3 amide bonds. The molecule has 36 heavy (non-hydrogen) atoms. The van der Waals surface area contributed by atoms with Crippen LogP contribution in [-0.2, 0) is 25.6 Å². The summed E-state index contributed by atoms with van der Waals surface area (Å²) in [5.41, 5.74) is 17.1. The maximum atomic E-state index is 12.7. The molecule has 0 radical (unpaired) electrons. The van der Waals surface area contributed by atoms with E-state index in [1.807, 2.05) is 6.26 Å². The summed E-state index contributed by atoms with van der Waals surface area (Å²) in [5.74, 6) is -2.55. The van der Waals surface area contributed by atoms with Crippen LogP contribution in [0.25, 0.3) is 0 Å². The molecule has 0 bridgehead atoms. The molecule has 0 aliphatic heterocycles. The summed E-state index contributed by atoms with van der Waals surface area (Å²) in [4.78, 5) is 52.7. The SMILES string of the molecule is CSCCC(NC(=O)CNC(=O)C(N)Cc1ccc(O)cc1)C(=O)NC(CCCN=C(N)N)C(=O)O. The average Bonchev–Trinajstić information content (AvgIpc) is 2.82. The summed E-state index contributed by atoms with van der Waals surface area (Å²) in [5, 5.41) is 26.1. The summed E-state index contributed by atoms with van der Waals surface area (Å²) < 4.78 is 0. The van der Waals surface area contributed by atoms with E-state index in [9.17, 15) is 29.4 Å². The van der Waals surface area contributed by atoms with E-state index in [2.05, 4.69) is 20.9 Å². The highest BCUT2D eigenvalue weighted by Crippen LogP contribution is 2.11. The molecule has 0 aromatic heterocycles. The summed E-state index contributed by atoms with van der Waals surface area (Å²) in [6.07, 6.45) is 2.71. The zero-order valence-corrected chi connectivity index (χ0v) is 20.9. The van der Waals surface area contributed by atoms with Gasteiger partial charge < -0.3 is 43.4 Å². The van der Waals surface area contributed by atoms with Crippen molar-refractivity contribution in [2.45, 2.75) is 43.8 Å². The number of carbonyl (C=O) groups is 4. The van der Waals surface area contributed by atoms with Gasteiger partial charge in [0.2, 0.25) is 17.7 Å². The number of aromatic hydroxyl groups is 1. The summed E-state index contributed by atoms with van der Waals surface area (Å²) in [6, 6.07) is 3.13. The van der Waals surface area contributed by atoms with E-state index in [-0.39, 0.29) is 37.5 Å². The van der Waals surface area contributed by atoms with E-state index in [0.717, 1.165) is 5.56 Å². The van der Waals surface area contributed by atoms with E-state index in [4.69, 9.17) is 17.2 Å². The van der Waals surface area contributed by atoms with Gasteiger partial charge in [0.1, 0.15) is 17.8 Å². The molecule has 0 aliphatic carbocycles. The lowest BCUT2D eigenvalue weighted by molar-refractivity contribution is -0.142. The van der Waals surface area contributed by atoms with Crippen molar-refractivity contribution in [3.8, 4) is 5.75 Å². The second-order valence-electron chi connectivity index (χ2n) is 7.94. The number of thioether (sulfide) groups is 1. The largest absolute Gasteiger partial charge is 0.508 e. The first-order valence-electron chi connectivity index (χ1n) is 11.2. The molecule has 0 fully saturated rings. The lowest BCUT2D eigenvalue weighted by Gasteiger charge is -2.21. The minimum atomic E-state index is -1.22. The number of carboxylic acid groups (broad SMARTS) is 1. The highest BCUT2D eigenvalue weighted by atomic mass is 32.2. The van der Waals surface area contributed by atoms with E-state index in [1.54, 1.807) is 12.1 Å². The van der Waals surface area contributed by atoms with Gasteiger partial charge in [-0.1, -0.05) is 12.1 Å². The van der Waals surface area contributed by atoms with Crippen LogP contribution in [0.1, 0.15) is 24.8 Å².